The summed E-state index contributed by atoms with van der Waals surface area (Å²) < 4.78 is 5.91. The number of phenolic OH excluding ortho intramolecular Hbond substituents is 1. The van der Waals surface area contributed by atoms with Gasteiger partial charge in [-0.15, -0.1) is 11.3 Å². The Hall–Kier alpha value is -2.38. The third-order valence-electron chi connectivity index (χ3n) is 3.50. The van der Waals surface area contributed by atoms with Gasteiger partial charge in [0.1, 0.15) is 0 Å². The van der Waals surface area contributed by atoms with E-state index in [0.717, 1.165) is 15.7 Å². The van der Waals surface area contributed by atoms with Crippen LogP contribution >= 0.6 is 27.3 Å². The lowest BCUT2D eigenvalue weighted by Gasteiger charge is -2.06. The third kappa shape index (κ3) is 4.18. The first-order chi connectivity index (χ1) is 12.1. The van der Waals surface area contributed by atoms with Crippen molar-refractivity contribution in [2.75, 3.05) is 12.5 Å². The van der Waals surface area contributed by atoms with Gasteiger partial charge in [0.2, 0.25) is 5.13 Å². The predicted octanol–water partition coefficient (Wildman–Crippen LogP) is 5.04. The van der Waals surface area contributed by atoms with E-state index in [0.29, 0.717) is 16.4 Å². The highest BCUT2D eigenvalue weighted by Gasteiger charge is 2.08. The molecule has 0 radical (unpaired) electrons. The molecule has 25 heavy (non-hydrogen) atoms. The Morgan fingerprint density at radius 3 is 2.76 bits per heavy atom. The van der Waals surface area contributed by atoms with Crippen molar-refractivity contribution < 1.29 is 9.84 Å². The van der Waals surface area contributed by atoms with Crippen LogP contribution in [0.25, 0.3) is 11.3 Å². The molecule has 0 aliphatic heterocycles. The van der Waals surface area contributed by atoms with Crippen LogP contribution < -0.4 is 10.2 Å². The van der Waals surface area contributed by atoms with E-state index in [1.807, 2.05) is 17.5 Å². The number of nitrogens with one attached hydrogen (secondary N) is 1. The average Bonchev–Trinajstić information content (AvgIpc) is 3.07. The number of nitrogens with zero attached hydrogens (tertiary/aromatic N) is 2. The van der Waals surface area contributed by atoms with Gasteiger partial charge in [-0.1, -0.05) is 45.8 Å². The fourth-order valence-electron chi connectivity index (χ4n) is 2.19. The van der Waals surface area contributed by atoms with E-state index in [1.54, 1.807) is 12.1 Å². The lowest BCUT2D eigenvalue weighted by molar-refractivity contribution is 0.373. The fraction of sp³-hybridized carbons (Fsp3) is 0.111. The van der Waals surface area contributed by atoms with Gasteiger partial charge in [0.15, 0.2) is 11.5 Å². The largest absolute Gasteiger partial charge is 0.504 e. The molecule has 0 fully saturated rings. The van der Waals surface area contributed by atoms with Crippen molar-refractivity contribution in [3.63, 3.8) is 0 Å². The number of methoxy groups -OCH3 is 1. The lowest BCUT2D eigenvalue weighted by Crippen LogP contribution is -1.93. The van der Waals surface area contributed by atoms with Crippen LogP contribution in [-0.2, 0) is 0 Å². The number of anilines is 1. The summed E-state index contributed by atoms with van der Waals surface area (Å²) in [7, 11) is 1.50. The molecule has 128 valence electrons. The van der Waals surface area contributed by atoms with Crippen molar-refractivity contribution in [3.05, 3.63) is 57.4 Å². The molecule has 0 aliphatic rings. The van der Waals surface area contributed by atoms with Gasteiger partial charge in [0, 0.05) is 21.0 Å². The highest BCUT2D eigenvalue weighted by molar-refractivity contribution is 9.10. The number of aromatic nitrogens is 1. The Bertz CT molecular complexity index is 907. The maximum Gasteiger partial charge on any atom is 0.203 e. The molecule has 0 spiro atoms. The Labute approximate surface area is 158 Å². The maximum absolute atomic E-state index is 10.1. The summed E-state index contributed by atoms with van der Waals surface area (Å²) in [6.07, 6.45) is 1.52. The van der Waals surface area contributed by atoms with Gasteiger partial charge in [-0.25, -0.2) is 4.98 Å². The van der Waals surface area contributed by atoms with E-state index in [-0.39, 0.29) is 5.75 Å². The minimum absolute atomic E-state index is 0.0377. The van der Waals surface area contributed by atoms with Crippen molar-refractivity contribution in [2.45, 2.75) is 6.92 Å². The molecule has 3 aromatic rings. The number of phenols is 1. The maximum atomic E-state index is 10.1. The van der Waals surface area contributed by atoms with Gasteiger partial charge in [0.05, 0.1) is 19.0 Å². The molecule has 0 atom stereocenters. The van der Waals surface area contributed by atoms with Crippen LogP contribution in [0.5, 0.6) is 11.5 Å². The zero-order valence-electron chi connectivity index (χ0n) is 13.7. The van der Waals surface area contributed by atoms with Crippen molar-refractivity contribution in [1.29, 1.82) is 0 Å². The van der Waals surface area contributed by atoms with Crippen molar-refractivity contribution in [3.8, 4) is 22.8 Å². The monoisotopic (exact) mass is 417 g/mol. The second kappa shape index (κ2) is 7.67. The van der Waals surface area contributed by atoms with Gasteiger partial charge < -0.3 is 9.84 Å². The number of aromatic hydroxyl groups is 1. The molecule has 3 rings (SSSR count). The van der Waals surface area contributed by atoms with Crippen molar-refractivity contribution >= 4 is 38.6 Å². The van der Waals surface area contributed by atoms with Gasteiger partial charge in [-0.3, -0.25) is 5.43 Å². The predicted molar refractivity (Wildman–Crippen MR) is 106 cm³/mol. The van der Waals surface area contributed by atoms with Crippen LogP contribution in [0.15, 0.2) is 51.4 Å². The Kier molecular flexibility index (Phi) is 5.35. The van der Waals surface area contributed by atoms with E-state index in [1.165, 1.54) is 30.2 Å². The summed E-state index contributed by atoms with van der Waals surface area (Å²) in [6, 6.07) is 11.6. The van der Waals surface area contributed by atoms with Crippen LogP contribution in [0.4, 0.5) is 5.13 Å². The van der Waals surface area contributed by atoms with Crippen LogP contribution in [0.3, 0.4) is 0 Å². The Morgan fingerprint density at radius 1 is 1.28 bits per heavy atom. The van der Waals surface area contributed by atoms with E-state index in [9.17, 15) is 5.11 Å². The molecule has 2 N–H and O–H groups in total. The van der Waals surface area contributed by atoms with Gasteiger partial charge >= 0.3 is 0 Å². The number of hydrogen-bond acceptors (Lipinski definition) is 6. The van der Waals surface area contributed by atoms with E-state index in [2.05, 4.69) is 50.5 Å². The molecular formula is C18H16BrN3O2S. The third-order valence-corrected chi connectivity index (χ3v) is 4.71. The summed E-state index contributed by atoms with van der Waals surface area (Å²) in [5, 5.41) is 16.9. The molecular weight excluding hydrogens is 402 g/mol. The minimum atomic E-state index is 0.0377. The molecule has 0 saturated carbocycles. The quantitative estimate of drug-likeness (QED) is 0.450. The van der Waals surface area contributed by atoms with Crippen LogP contribution in [0.2, 0.25) is 0 Å². The zero-order valence-corrected chi connectivity index (χ0v) is 16.1. The molecule has 0 bridgehead atoms. The molecule has 1 aromatic heterocycles. The number of ether oxygens (including phenoxy) is 1. The molecule has 1 heterocycles. The van der Waals surface area contributed by atoms with Crippen LogP contribution in [0.1, 0.15) is 11.1 Å². The second-order valence-corrected chi connectivity index (χ2v) is 7.09. The number of hydrogen-bond donors (Lipinski definition) is 2. The summed E-state index contributed by atoms with van der Waals surface area (Å²) in [6.45, 7) is 2.05. The zero-order chi connectivity index (χ0) is 17.8. The number of halogens is 1. The topological polar surface area (TPSA) is 66.7 Å². The van der Waals surface area contributed by atoms with Crippen LogP contribution in [0, 0.1) is 6.92 Å². The highest BCUT2D eigenvalue weighted by Crippen LogP contribution is 2.32. The molecule has 5 nitrogen and oxygen atoms in total. The Balaban J connectivity index is 1.73. The summed E-state index contributed by atoms with van der Waals surface area (Å²) in [4.78, 5) is 4.51. The molecule has 0 amide bonds. The van der Waals surface area contributed by atoms with E-state index < -0.39 is 0 Å². The smallest absolute Gasteiger partial charge is 0.203 e. The van der Waals surface area contributed by atoms with Gasteiger partial charge in [-0.2, -0.15) is 5.10 Å². The highest BCUT2D eigenvalue weighted by atomic mass is 79.9. The molecule has 2 aromatic carbocycles. The molecule has 0 unspecified atom stereocenters. The standard InChI is InChI=1S/C18H16BrN3O2S/c1-11-3-5-12(6-4-11)15-10-25-18(21-15)22-20-9-13-7-14(19)8-16(24-2)17(13)23/h3-10,23H,1-2H3,(H,21,22)/b20-9+. The molecule has 0 aliphatic carbocycles. The number of benzene rings is 2. The van der Waals surface area contributed by atoms with E-state index >= 15 is 0 Å². The molecule has 0 saturated heterocycles. The number of aryl methyl sites for hydroxylation is 1. The normalized spacial score (nSPS) is 11.0. The SMILES string of the molecule is COc1cc(Br)cc(/C=N/Nc2nc(-c3ccc(C)cc3)cs2)c1O. The fourth-order valence-corrected chi connectivity index (χ4v) is 3.31. The lowest BCUT2D eigenvalue weighted by atomic mass is 10.1. The summed E-state index contributed by atoms with van der Waals surface area (Å²) >= 11 is 4.84. The van der Waals surface area contributed by atoms with Crippen molar-refractivity contribution in [2.24, 2.45) is 5.10 Å². The van der Waals surface area contributed by atoms with Crippen LogP contribution in [-0.4, -0.2) is 23.4 Å². The van der Waals surface area contributed by atoms with Crippen molar-refractivity contribution in [1.82, 2.24) is 4.98 Å². The first kappa shape index (κ1) is 17.4. The number of hydrazone groups is 1. The van der Waals surface area contributed by atoms with Gasteiger partial charge in [-0.05, 0) is 19.1 Å². The first-order valence-corrected chi connectivity index (χ1v) is 9.12. The number of rotatable bonds is 5. The van der Waals surface area contributed by atoms with Gasteiger partial charge in [0.25, 0.3) is 0 Å². The Morgan fingerprint density at radius 2 is 2.04 bits per heavy atom. The number of thiazole rings is 1. The molecule has 7 heteroatoms. The second-order valence-electron chi connectivity index (χ2n) is 5.32. The average molecular weight is 418 g/mol. The summed E-state index contributed by atoms with van der Waals surface area (Å²) in [5.41, 5.74) is 6.60. The first-order valence-electron chi connectivity index (χ1n) is 7.45. The minimum Gasteiger partial charge on any atom is -0.504 e. The van der Waals surface area contributed by atoms with E-state index in [4.69, 9.17) is 4.74 Å². The summed E-state index contributed by atoms with van der Waals surface area (Å²) in [5.74, 6) is 0.419.